The molecule has 2 nitrogen and oxygen atoms in total. The predicted molar refractivity (Wildman–Crippen MR) is 105 cm³/mol. The Bertz CT molecular complexity index is 887. The van der Waals surface area contributed by atoms with Gasteiger partial charge in [-0.25, -0.2) is 0 Å². The number of H-pyrrole nitrogens is 1. The van der Waals surface area contributed by atoms with E-state index in [1.807, 2.05) is 18.2 Å². The number of ether oxygens (including phenoxy) is 1. The molecule has 25 heavy (non-hydrogen) atoms. The molecule has 1 aromatic heterocycles. The fourth-order valence-corrected chi connectivity index (χ4v) is 3.27. The van der Waals surface area contributed by atoms with Gasteiger partial charge < -0.3 is 9.72 Å². The Hall–Kier alpha value is -2.37. The maximum Gasteiger partial charge on any atom is 0.119 e. The minimum Gasteiger partial charge on any atom is -0.493 e. The highest BCUT2D eigenvalue weighted by Gasteiger charge is 2.12. The zero-order chi connectivity index (χ0) is 17.6. The van der Waals surface area contributed by atoms with Crippen molar-refractivity contribution in [1.82, 2.24) is 4.98 Å². The summed E-state index contributed by atoms with van der Waals surface area (Å²) >= 11 is 6.19. The van der Waals surface area contributed by atoms with Crippen LogP contribution in [0.3, 0.4) is 0 Å². The fraction of sp³-hybridized carbons (Fsp3) is 0.273. The van der Waals surface area contributed by atoms with Crippen LogP contribution < -0.4 is 4.74 Å². The monoisotopic (exact) mass is 351 g/mol. The van der Waals surface area contributed by atoms with Gasteiger partial charge in [-0.05, 0) is 47.9 Å². The number of aryl methyl sites for hydroxylation is 1. The topological polar surface area (TPSA) is 25.0 Å². The number of terminal acetylenes is 1. The van der Waals surface area contributed by atoms with Gasteiger partial charge in [0.2, 0.25) is 0 Å². The van der Waals surface area contributed by atoms with E-state index in [4.69, 9.17) is 22.8 Å². The van der Waals surface area contributed by atoms with Crippen molar-refractivity contribution in [2.24, 2.45) is 0 Å². The Labute approximate surface area is 154 Å². The van der Waals surface area contributed by atoms with Crippen LogP contribution in [0.2, 0.25) is 5.02 Å². The Morgan fingerprint density at radius 3 is 2.68 bits per heavy atom. The van der Waals surface area contributed by atoms with Crippen molar-refractivity contribution in [1.29, 1.82) is 0 Å². The number of hydrogen-bond donors (Lipinski definition) is 1. The lowest BCUT2D eigenvalue weighted by molar-refractivity contribution is 0.327. The van der Waals surface area contributed by atoms with Gasteiger partial charge in [0.05, 0.1) is 6.61 Å². The number of rotatable bonds is 7. The summed E-state index contributed by atoms with van der Waals surface area (Å²) in [5, 5.41) is 2.02. The molecular weight excluding hydrogens is 330 g/mol. The number of aromatic amines is 1. The van der Waals surface area contributed by atoms with Crippen molar-refractivity contribution in [3.8, 4) is 18.1 Å². The van der Waals surface area contributed by atoms with Gasteiger partial charge in [-0.15, -0.1) is 12.3 Å². The Balaban J connectivity index is 1.82. The molecule has 0 bridgehead atoms. The number of aromatic nitrogens is 1. The van der Waals surface area contributed by atoms with Gasteiger partial charge in [0.25, 0.3) is 0 Å². The molecule has 0 radical (unpaired) electrons. The summed E-state index contributed by atoms with van der Waals surface area (Å²) in [6.45, 7) is 2.76. The third kappa shape index (κ3) is 4.18. The van der Waals surface area contributed by atoms with Gasteiger partial charge in [-0.2, -0.15) is 0 Å². The van der Waals surface area contributed by atoms with Crippen molar-refractivity contribution in [2.75, 3.05) is 6.61 Å². The number of halogens is 1. The number of fused-ring (bicyclic) bond motifs is 1. The largest absolute Gasteiger partial charge is 0.493 e. The molecule has 0 unspecified atom stereocenters. The Morgan fingerprint density at radius 2 is 1.96 bits per heavy atom. The minimum absolute atomic E-state index is 0.555. The second-order valence-electron chi connectivity index (χ2n) is 6.15. The molecule has 2 aromatic carbocycles. The van der Waals surface area contributed by atoms with E-state index in [2.05, 4.69) is 42.1 Å². The minimum atomic E-state index is 0.555. The SMILES string of the molecule is C#CCCOc1ccc(Cc2[nH]c3ccc(Cl)cc3c2CCC)cc1. The molecule has 0 aliphatic carbocycles. The van der Waals surface area contributed by atoms with E-state index in [0.29, 0.717) is 13.0 Å². The molecule has 0 fully saturated rings. The summed E-state index contributed by atoms with van der Waals surface area (Å²) in [4.78, 5) is 3.57. The van der Waals surface area contributed by atoms with Crippen LogP contribution in [0.15, 0.2) is 42.5 Å². The third-order valence-electron chi connectivity index (χ3n) is 4.28. The first-order chi connectivity index (χ1) is 12.2. The van der Waals surface area contributed by atoms with Crippen molar-refractivity contribution >= 4 is 22.5 Å². The lowest BCUT2D eigenvalue weighted by Gasteiger charge is -2.07. The first kappa shape index (κ1) is 17.5. The molecule has 0 aliphatic rings. The molecule has 1 heterocycles. The molecular formula is C22H22ClNO. The molecule has 0 aliphatic heterocycles. The molecule has 3 heteroatoms. The standard InChI is InChI=1S/C22H22ClNO/c1-3-5-13-25-18-10-7-16(8-11-18)14-22-19(6-4-2)20-15-17(23)9-12-21(20)24-22/h1,7-12,15,24H,4-6,13-14H2,2H3. The fourth-order valence-electron chi connectivity index (χ4n) is 3.10. The molecule has 3 rings (SSSR count). The zero-order valence-electron chi connectivity index (χ0n) is 14.4. The van der Waals surface area contributed by atoms with E-state index in [-0.39, 0.29) is 0 Å². The molecule has 0 amide bonds. The van der Waals surface area contributed by atoms with Crippen LogP contribution in [0.25, 0.3) is 10.9 Å². The lowest BCUT2D eigenvalue weighted by atomic mass is 10.0. The highest BCUT2D eigenvalue weighted by Crippen LogP contribution is 2.28. The second-order valence-corrected chi connectivity index (χ2v) is 6.58. The van der Waals surface area contributed by atoms with E-state index in [9.17, 15) is 0 Å². The molecule has 1 N–H and O–H groups in total. The van der Waals surface area contributed by atoms with Gasteiger partial charge >= 0.3 is 0 Å². The van der Waals surface area contributed by atoms with Crippen LogP contribution in [0.5, 0.6) is 5.75 Å². The smallest absolute Gasteiger partial charge is 0.119 e. The average Bonchev–Trinajstić information content (AvgIpc) is 2.94. The summed E-state index contributed by atoms with van der Waals surface area (Å²) in [5.74, 6) is 3.44. The molecule has 0 saturated heterocycles. The summed E-state index contributed by atoms with van der Waals surface area (Å²) in [7, 11) is 0. The highest BCUT2D eigenvalue weighted by atomic mass is 35.5. The molecule has 0 spiro atoms. The Morgan fingerprint density at radius 1 is 1.16 bits per heavy atom. The van der Waals surface area contributed by atoms with Gasteiger partial charge in [-0.1, -0.05) is 37.1 Å². The van der Waals surface area contributed by atoms with Crippen LogP contribution in [0, 0.1) is 12.3 Å². The summed E-state index contributed by atoms with van der Waals surface area (Å²) in [6.07, 6.45) is 8.88. The predicted octanol–water partition coefficient (Wildman–Crippen LogP) is 5.77. The molecule has 0 atom stereocenters. The maximum atomic E-state index is 6.19. The quantitative estimate of drug-likeness (QED) is 0.424. The van der Waals surface area contributed by atoms with Crippen molar-refractivity contribution in [3.63, 3.8) is 0 Å². The summed E-state index contributed by atoms with van der Waals surface area (Å²) in [5.41, 5.74) is 5.03. The maximum absolute atomic E-state index is 6.19. The van der Waals surface area contributed by atoms with E-state index < -0.39 is 0 Å². The number of benzene rings is 2. The van der Waals surface area contributed by atoms with Crippen LogP contribution in [0.4, 0.5) is 0 Å². The van der Waals surface area contributed by atoms with Gasteiger partial charge in [-0.3, -0.25) is 0 Å². The molecule has 0 saturated carbocycles. The lowest BCUT2D eigenvalue weighted by Crippen LogP contribution is -1.97. The second kappa shape index (κ2) is 8.14. The van der Waals surface area contributed by atoms with Crippen LogP contribution in [0.1, 0.15) is 36.6 Å². The van der Waals surface area contributed by atoms with E-state index in [0.717, 1.165) is 35.6 Å². The van der Waals surface area contributed by atoms with Crippen LogP contribution in [-0.4, -0.2) is 11.6 Å². The highest BCUT2D eigenvalue weighted by molar-refractivity contribution is 6.31. The zero-order valence-corrected chi connectivity index (χ0v) is 15.2. The van der Waals surface area contributed by atoms with Crippen molar-refractivity contribution in [3.05, 3.63) is 64.3 Å². The van der Waals surface area contributed by atoms with E-state index >= 15 is 0 Å². The number of hydrogen-bond acceptors (Lipinski definition) is 1. The Kier molecular flexibility index (Phi) is 5.68. The summed E-state index contributed by atoms with van der Waals surface area (Å²) < 4.78 is 5.61. The van der Waals surface area contributed by atoms with Crippen LogP contribution >= 0.6 is 11.6 Å². The van der Waals surface area contributed by atoms with Gasteiger partial charge in [0.15, 0.2) is 0 Å². The first-order valence-electron chi connectivity index (χ1n) is 8.65. The number of nitrogens with one attached hydrogen (secondary N) is 1. The van der Waals surface area contributed by atoms with Crippen LogP contribution in [-0.2, 0) is 12.8 Å². The first-order valence-corrected chi connectivity index (χ1v) is 9.03. The molecule has 128 valence electrons. The van der Waals surface area contributed by atoms with Crippen molar-refractivity contribution < 1.29 is 4.74 Å². The van der Waals surface area contributed by atoms with E-state index in [1.54, 1.807) is 0 Å². The van der Waals surface area contributed by atoms with Crippen molar-refractivity contribution in [2.45, 2.75) is 32.6 Å². The molecule has 3 aromatic rings. The van der Waals surface area contributed by atoms with E-state index in [1.165, 1.54) is 22.2 Å². The third-order valence-corrected chi connectivity index (χ3v) is 4.51. The van der Waals surface area contributed by atoms with Gasteiger partial charge in [0, 0.05) is 34.5 Å². The average molecular weight is 352 g/mol. The van der Waals surface area contributed by atoms with Gasteiger partial charge in [0.1, 0.15) is 5.75 Å². The summed E-state index contributed by atoms with van der Waals surface area (Å²) in [6, 6.07) is 14.3. The normalized spacial score (nSPS) is 10.8.